The van der Waals surface area contributed by atoms with E-state index in [9.17, 15) is 4.39 Å². The molecule has 0 fully saturated rings. The summed E-state index contributed by atoms with van der Waals surface area (Å²) in [6.07, 6.45) is 0. The van der Waals surface area contributed by atoms with E-state index in [0.717, 1.165) is 21.2 Å². The molecule has 0 saturated heterocycles. The van der Waals surface area contributed by atoms with Crippen molar-refractivity contribution in [2.24, 2.45) is 0 Å². The summed E-state index contributed by atoms with van der Waals surface area (Å²) in [4.78, 5) is 0. The van der Waals surface area contributed by atoms with Gasteiger partial charge in [0.25, 0.3) is 0 Å². The molecule has 100 valence electrons. The van der Waals surface area contributed by atoms with Gasteiger partial charge in [-0.05, 0) is 60.4 Å². The number of aryl methyl sites for hydroxylation is 2. The summed E-state index contributed by atoms with van der Waals surface area (Å²) in [5.74, 6) is -0.315. The van der Waals surface area contributed by atoms with Crippen LogP contribution in [0, 0.1) is 19.7 Å². The smallest absolute Gasteiger partial charge is 0.127 e. The van der Waals surface area contributed by atoms with Crippen LogP contribution in [0.15, 0.2) is 34.8 Å². The van der Waals surface area contributed by atoms with Gasteiger partial charge in [-0.15, -0.1) is 11.6 Å². The van der Waals surface area contributed by atoms with E-state index in [2.05, 4.69) is 15.9 Å². The Balaban J connectivity index is 2.49. The third-order valence-electron chi connectivity index (χ3n) is 3.06. The summed E-state index contributed by atoms with van der Waals surface area (Å²) in [7, 11) is 0. The van der Waals surface area contributed by atoms with Gasteiger partial charge in [-0.2, -0.15) is 0 Å². The lowest BCUT2D eigenvalue weighted by Gasteiger charge is -2.16. The van der Waals surface area contributed by atoms with Crippen LogP contribution >= 0.6 is 39.1 Å². The van der Waals surface area contributed by atoms with Crippen molar-refractivity contribution >= 4 is 39.1 Å². The van der Waals surface area contributed by atoms with E-state index in [1.54, 1.807) is 13.0 Å². The van der Waals surface area contributed by atoms with Crippen molar-refractivity contribution in [1.82, 2.24) is 0 Å². The fourth-order valence-corrected chi connectivity index (χ4v) is 3.18. The van der Waals surface area contributed by atoms with Gasteiger partial charge in [-0.25, -0.2) is 4.39 Å². The number of rotatable bonds is 2. The van der Waals surface area contributed by atoms with Crippen molar-refractivity contribution in [3.8, 4) is 0 Å². The molecule has 0 aromatic heterocycles. The highest BCUT2D eigenvalue weighted by molar-refractivity contribution is 9.10. The van der Waals surface area contributed by atoms with E-state index >= 15 is 0 Å². The Hall–Kier alpha value is -0.570. The first kappa shape index (κ1) is 14.8. The first-order valence-electron chi connectivity index (χ1n) is 5.76. The quantitative estimate of drug-likeness (QED) is 0.559. The zero-order valence-corrected chi connectivity index (χ0v) is 13.6. The van der Waals surface area contributed by atoms with E-state index < -0.39 is 0 Å². The highest BCUT2D eigenvalue weighted by Gasteiger charge is 2.18. The van der Waals surface area contributed by atoms with Gasteiger partial charge in [0.05, 0.1) is 5.38 Å². The van der Waals surface area contributed by atoms with Gasteiger partial charge in [0.1, 0.15) is 5.82 Å². The second kappa shape index (κ2) is 5.82. The summed E-state index contributed by atoms with van der Waals surface area (Å²) in [6, 6.07) is 8.90. The maximum absolute atomic E-state index is 13.4. The molecule has 2 aromatic rings. The fraction of sp³-hybridized carbons (Fsp3) is 0.200. The molecular formula is C15H12BrCl2F. The van der Waals surface area contributed by atoms with Crippen molar-refractivity contribution in [3.05, 3.63) is 67.9 Å². The van der Waals surface area contributed by atoms with E-state index in [-0.39, 0.29) is 11.2 Å². The monoisotopic (exact) mass is 360 g/mol. The van der Waals surface area contributed by atoms with Gasteiger partial charge >= 0.3 is 0 Å². The van der Waals surface area contributed by atoms with Crippen molar-refractivity contribution < 1.29 is 4.39 Å². The Labute approximate surface area is 130 Å². The first-order valence-corrected chi connectivity index (χ1v) is 7.36. The van der Waals surface area contributed by atoms with E-state index in [0.29, 0.717) is 10.6 Å². The minimum absolute atomic E-state index is 0.315. The molecule has 0 aliphatic heterocycles. The fourth-order valence-electron chi connectivity index (χ4n) is 1.96. The molecule has 0 radical (unpaired) electrons. The average Bonchev–Trinajstić information content (AvgIpc) is 2.33. The molecule has 0 spiro atoms. The molecule has 19 heavy (non-hydrogen) atoms. The predicted octanol–water partition coefficient (Wildman–Crippen LogP) is 6.19. The average molecular weight is 362 g/mol. The maximum Gasteiger partial charge on any atom is 0.127 e. The van der Waals surface area contributed by atoms with Crippen molar-refractivity contribution in [1.29, 1.82) is 0 Å². The Morgan fingerprint density at radius 3 is 2.37 bits per heavy atom. The Bertz CT molecular complexity index is 626. The van der Waals surface area contributed by atoms with Crippen molar-refractivity contribution in [3.63, 3.8) is 0 Å². The molecule has 0 N–H and O–H groups in total. The van der Waals surface area contributed by atoms with Crippen LogP contribution in [0.1, 0.15) is 27.6 Å². The molecule has 0 amide bonds. The van der Waals surface area contributed by atoms with Gasteiger partial charge in [0, 0.05) is 9.50 Å². The summed E-state index contributed by atoms with van der Waals surface area (Å²) >= 11 is 16.0. The standard InChI is InChI=1S/C15H12BrCl2F/c1-8-5-10(16)3-4-11(8)15(18)12-6-9(2)14(19)7-13(12)17/h3-7,15H,1-2H3. The van der Waals surface area contributed by atoms with E-state index in [4.69, 9.17) is 23.2 Å². The number of halogens is 4. The lowest BCUT2D eigenvalue weighted by atomic mass is 9.98. The van der Waals surface area contributed by atoms with Gasteiger partial charge in [0.15, 0.2) is 0 Å². The van der Waals surface area contributed by atoms with Crippen LogP contribution in [0.3, 0.4) is 0 Å². The largest absolute Gasteiger partial charge is 0.207 e. The van der Waals surface area contributed by atoms with E-state index in [1.165, 1.54) is 6.07 Å². The molecule has 1 unspecified atom stereocenters. The zero-order chi connectivity index (χ0) is 14.2. The van der Waals surface area contributed by atoms with Gasteiger partial charge < -0.3 is 0 Å². The molecule has 0 saturated carbocycles. The molecule has 0 bridgehead atoms. The predicted molar refractivity (Wildman–Crippen MR) is 82.7 cm³/mol. The zero-order valence-electron chi connectivity index (χ0n) is 10.5. The van der Waals surface area contributed by atoms with Crippen molar-refractivity contribution in [2.45, 2.75) is 19.2 Å². The Morgan fingerprint density at radius 1 is 1.05 bits per heavy atom. The first-order chi connectivity index (χ1) is 8.90. The molecule has 0 aliphatic rings. The second-order valence-electron chi connectivity index (χ2n) is 4.49. The molecule has 4 heteroatoms. The summed E-state index contributed by atoms with van der Waals surface area (Å²) in [5, 5.41) is -0.0367. The van der Waals surface area contributed by atoms with Crippen LogP contribution < -0.4 is 0 Å². The molecular weight excluding hydrogens is 350 g/mol. The molecule has 0 nitrogen and oxygen atoms in total. The van der Waals surface area contributed by atoms with Crippen LogP contribution in [-0.4, -0.2) is 0 Å². The number of alkyl halides is 1. The maximum atomic E-state index is 13.4. The third-order valence-corrected chi connectivity index (χ3v) is 4.35. The molecule has 2 aromatic carbocycles. The van der Waals surface area contributed by atoms with Gasteiger partial charge in [0.2, 0.25) is 0 Å². The van der Waals surface area contributed by atoms with Crippen LogP contribution in [0.25, 0.3) is 0 Å². The van der Waals surface area contributed by atoms with Crippen LogP contribution in [0.2, 0.25) is 5.02 Å². The normalized spacial score (nSPS) is 12.5. The summed E-state index contributed by atoms with van der Waals surface area (Å²) in [5.41, 5.74) is 3.30. The highest BCUT2D eigenvalue weighted by atomic mass is 79.9. The van der Waals surface area contributed by atoms with Gasteiger partial charge in [-0.1, -0.05) is 33.6 Å². The summed E-state index contributed by atoms with van der Waals surface area (Å²) < 4.78 is 14.4. The SMILES string of the molecule is Cc1cc(C(Cl)c2ccc(Br)cc2C)c(Cl)cc1F. The number of hydrogen-bond acceptors (Lipinski definition) is 0. The topological polar surface area (TPSA) is 0 Å². The Morgan fingerprint density at radius 2 is 1.74 bits per heavy atom. The lowest BCUT2D eigenvalue weighted by Crippen LogP contribution is -1.99. The van der Waals surface area contributed by atoms with Crippen LogP contribution in [-0.2, 0) is 0 Å². The second-order valence-corrected chi connectivity index (χ2v) is 6.25. The molecule has 2 rings (SSSR count). The minimum atomic E-state index is -0.389. The third kappa shape index (κ3) is 3.13. The highest BCUT2D eigenvalue weighted by Crippen LogP contribution is 2.37. The van der Waals surface area contributed by atoms with Crippen molar-refractivity contribution in [2.75, 3.05) is 0 Å². The minimum Gasteiger partial charge on any atom is -0.207 e. The van der Waals surface area contributed by atoms with E-state index in [1.807, 2.05) is 25.1 Å². The lowest BCUT2D eigenvalue weighted by molar-refractivity contribution is 0.618. The van der Waals surface area contributed by atoms with Crippen LogP contribution in [0.5, 0.6) is 0 Å². The summed E-state index contributed by atoms with van der Waals surface area (Å²) in [6.45, 7) is 3.69. The Kier molecular flexibility index (Phi) is 4.54. The van der Waals surface area contributed by atoms with Crippen LogP contribution in [0.4, 0.5) is 4.39 Å². The molecule has 0 aliphatic carbocycles. The number of hydrogen-bond donors (Lipinski definition) is 0. The molecule has 1 atom stereocenters. The van der Waals surface area contributed by atoms with Gasteiger partial charge in [-0.3, -0.25) is 0 Å². The molecule has 0 heterocycles. The number of benzene rings is 2.